The van der Waals surface area contributed by atoms with E-state index in [9.17, 15) is 9.59 Å². The van der Waals surface area contributed by atoms with E-state index in [1.54, 1.807) is 20.8 Å². The molecular formula is C9H15NO3. The molecule has 0 rings (SSSR count). The molecule has 4 heteroatoms. The van der Waals surface area contributed by atoms with Crippen molar-refractivity contribution >= 4 is 11.9 Å². The Morgan fingerprint density at radius 3 is 2.00 bits per heavy atom. The molecule has 0 heterocycles. The van der Waals surface area contributed by atoms with Crippen LogP contribution in [-0.4, -0.2) is 23.0 Å². The highest BCUT2D eigenvalue weighted by molar-refractivity contribution is 5.95. The first-order chi connectivity index (χ1) is 5.86. The van der Waals surface area contributed by atoms with Crippen molar-refractivity contribution in [3.63, 3.8) is 0 Å². The molecular weight excluding hydrogens is 170 g/mol. The van der Waals surface area contributed by atoms with Gasteiger partial charge in [-0.3, -0.25) is 9.59 Å². The fourth-order valence-corrected chi connectivity index (χ4v) is 0.594. The van der Waals surface area contributed by atoms with Crippen LogP contribution < -0.4 is 5.32 Å². The first-order valence-electron chi connectivity index (χ1n) is 4.04. The van der Waals surface area contributed by atoms with Crippen LogP contribution in [0.15, 0.2) is 11.1 Å². The van der Waals surface area contributed by atoms with Gasteiger partial charge in [0.2, 0.25) is 5.91 Å². The molecule has 0 aliphatic rings. The Balaban J connectivity index is 4.33. The average Bonchev–Trinajstić information content (AvgIpc) is 2.02. The van der Waals surface area contributed by atoms with E-state index >= 15 is 0 Å². The third kappa shape index (κ3) is 3.73. The summed E-state index contributed by atoms with van der Waals surface area (Å²) < 4.78 is 0. The molecule has 0 saturated carbocycles. The normalized spacial score (nSPS) is 11.7. The molecule has 1 atom stereocenters. The minimum Gasteiger partial charge on any atom is -0.480 e. The van der Waals surface area contributed by atoms with Crippen molar-refractivity contribution in [1.29, 1.82) is 0 Å². The smallest absolute Gasteiger partial charge is 0.325 e. The number of allylic oxidation sites excluding steroid dienone is 1. The molecule has 2 N–H and O–H groups in total. The van der Waals surface area contributed by atoms with E-state index in [0.717, 1.165) is 5.57 Å². The predicted molar refractivity (Wildman–Crippen MR) is 49.3 cm³/mol. The third-order valence-corrected chi connectivity index (χ3v) is 1.81. The van der Waals surface area contributed by atoms with Crippen LogP contribution in [0.1, 0.15) is 27.7 Å². The molecule has 74 valence electrons. The average molecular weight is 185 g/mol. The summed E-state index contributed by atoms with van der Waals surface area (Å²) in [4.78, 5) is 21.7. The van der Waals surface area contributed by atoms with E-state index in [1.165, 1.54) is 6.92 Å². The summed E-state index contributed by atoms with van der Waals surface area (Å²) in [6.07, 6.45) is 0. The summed E-state index contributed by atoms with van der Waals surface area (Å²) in [5, 5.41) is 10.9. The standard InChI is InChI=1S/C9H15NO3/c1-5(2)6(3)8(11)10-7(4)9(12)13/h7H,1-4H3,(H,10,11)(H,12,13)/t7-/m0/s1. The van der Waals surface area contributed by atoms with Gasteiger partial charge in [0.1, 0.15) is 6.04 Å². The summed E-state index contributed by atoms with van der Waals surface area (Å²) in [5.41, 5.74) is 1.45. The fourth-order valence-electron chi connectivity index (χ4n) is 0.594. The van der Waals surface area contributed by atoms with E-state index < -0.39 is 12.0 Å². The maximum Gasteiger partial charge on any atom is 0.325 e. The number of nitrogens with one attached hydrogen (secondary N) is 1. The van der Waals surface area contributed by atoms with E-state index in [0.29, 0.717) is 5.57 Å². The second-order valence-corrected chi connectivity index (χ2v) is 3.16. The van der Waals surface area contributed by atoms with Crippen molar-refractivity contribution in [2.75, 3.05) is 0 Å². The molecule has 0 aromatic heterocycles. The number of carboxylic acid groups (broad SMARTS) is 1. The Kier molecular flexibility index (Phi) is 4.17. The summed E-state index contributed by atoms with van der Waals surface area (Å²) >= 11 is 0. The van der Waals surface area contributed by atoms with Gasteiger partial charge in [0.25, 0.3) is 0 Å². The molecule has 0 aliphatic heterocycles. The van der Waals surface area contributed by atoms with E-state index in [-0.39, 0.29) is 5.91 Å². The van der Waals surface area contributed by atoms with Gasteiger partial charge in [-0.05, 0) is 27.7 Å². The Bertz CT molecular complexity index is 252. The van der Waals surface area contributed by atoms with Gasteiger partial charge in [-0.1, -0.05) is 5.57 Å². The van der Waals surface area contributed by atoms with Gasteiger partial charge < -0.3 is 10.4 Å². The lowest BCUT2D eigenvalue weighted by Crippen LogP contribution is -2.38. The van der Waals surface area contributed by atoms with Crippen LogP contribution in [0.25, 0.3) is 0 Å². The van der Waals surface area contributed by atoms with Gasteiger partial charge >= 0.3 is 5.97 Å². The van der Waals surface area contributed by atoms with Crippen LogP contribution in [0.2, 0.25) is 0 Å². The van der Waals surface area contributed by atoms with Crippen molar-refractivity contribution in [2.45, 2.75) is 33.7 Å². The molecule has 4 nitrogen and oxygen atoms in total. The summed E-state index contributed by atoms with van der Waals surface area (Å²) in [6, 6.07) is -0.846. The first-order valence-corrected chi connectivity index (χ1v) is 4.04. The van der Waals surface area contributed by atoms with Crippen LogP contribution in [0.4, 0.5) is 0 Å². The van der Waals surface area contributed by atoms with Gasteiger partial charge in [0.05, 0.1) is 0 Å². The van der Waals surface area contributed by atoms with E-state index in [2.05, 4.69) is 5.32 Å². The molecule has 0 radical (unpaired) electrons. The van der Waals surface area contributed by atoms with Gasteiger partial charge in [-0.15, -0.1) is 0 Å². The molecule has 0 fully saturated rings. The molecule has 0 aliphatic carbocycles. The largest absolute Gasteiger partial charge is 0.480 e. The van der Waals surface area contributed by atoms with Crippen LogP contribution in [0.5, 0.6) is 0 Å². The molecule has 0 bridgehead atoms. The van der Waals surface area contributed by atoms with E-state index in [1.807, 2.05) is 0 Å². The maximum absolute atomic E-state index is 11.3. The van der Waals surface area contributed by atoms with Crippen molar-refractivity contribution in [1.82, 2.24) is 5.32 Å². The molecule has 0 aromatic rings. The van der Waals surface area contributed by atoms with Crippen LogP contribution >= 0.6 is 0 Å². The van der Waals surface area contributed by atoms with Crippen molar-refractivity contribution in [3.8, 4) is 0 Å². The zero-order valence-electron chi connectivity index (χ0n) is 8.34. The van der Waals surface area contributed by atoms with E-state index in [4.69, 9.17) is 5.11 Å². The number of hydrogen-bond acceptors (Lipinski definition) is 2. The van der Waals surface area contributed by atoms with Crippen LogP contribution in [0, 0.1) is 0 Å². The van der Waals surface area contributed by atoms with Gasteiger partial charge in [0.15, 0.2) is 0 Å². The van der Waals surface area contributed by atoms with Gasteiger partial charge in [-0.2, -0.15) is 0 Å². The number of rotatable bonds is 3. The van der Waals surface area contributed by atoms with Crippen molar-refractivity contribution in [2.24, 2.45) is 0 Å². The number of amides is 1. The first kappa shape index (κ1) is 11.7. The second-order valence-electron chi connectivity index (χ2n) is 3.16. The lowest BCUT2D eigenvalue weighted by molar-refractivity contribution is -0.140. The highest BCUT2D eigenvalue weighted by Gasteiger charge is 2.14. The number of carboxylic acids is 1. The molecule has 0 saturated heterocycles. The lowest BCUT2D eigenvalue weighted by Gasteiger charge is -2.10. The summed E-state index contributed by atoms with van der Waals surface area (Å²) in [6.45, 7) is 6.71. The highest BCUT2D eigenvalue weighted by atomic mass is 16.4. The Morgan fingerprint density at radius 2 is 1.69 bits per heavy atom. The maximum atomic E-state index is 11.3. The Morgan fingerprint density at radius 1 is 1.23 bits per heavy atom. The summed E-state index contributed by atoms with van der Waals surface area (Å²) in [5.74, 6) is -1.36. The zero-order valence-corrected chi connectivity index (χ0v) is 8.34. The third-order valence-electron chi connectivity index (χ3n) is 1.81. The molecule has 13 heavy (non-hydrogen) atoms. The van der Waals surface area contributed by atoms with Crippen LogP contribution in [-0.2, 0) is 9.59 Å². The van der Waals surface area contributed by atoms with Crippen molar-refractivity contribution in [3.05, 3.63) is 11.1 Å². The van der Waals surface area contributed by atoms with Crippen LogP contribution in [0.3, 0.4) is 0 Å². The fraction of sp³-hybridized carbons (Fsp3) is 0.556. The minimum absolute atomic E-state index is 0.324. The quantitative estimate of drug-likeness (QED) is 0.643. The Hall–Kier alpha value is -1.32. The molecule has 0 spiro atoms. The molecule has 0 aromatic carbocycles. The minimum atomic E-state index is -1.03. The second kappa shape index (κ2) is 4.64. The number of aliphatic carboxylic acids is 1. The molecule has 1 amide bonds. The topological polar surface area (TPSA) is 66.4 Å². The van der Waals surface area contributed by atoms with Gasteiger partial charge in [-0.25, -0.2) is 0 Å². The SMILES string of the molecule is CC(C)=C(C)C(=O)N[C@@H](C)C(=O)O. The monoisotopic (exact) mass is 185 g/mol. The van der Waals surface area contributed by atoms with Crippen molar-refractivity contribution < 1.29 is 14.7 Å². The highest BCUT2D eigenvalue weighted by Crippen LogP contribution is 2.01. The zero-order chi connectivity index (χ0) is 10.6. The lowest BCUT2D eigenvalue weighted by atomic mass is 10.1. The number of carbonyl (C=O) groups excluding carboxylic acids is 1. The summed E-state index contributed by atoms with van der Waals surface area (Å²) in [7, 11) is 0. The number of carbonyl (C=O) groups is 2. The Labute approximate surface area is 77.6 Å². The molecule has 0 unspecified atom stereocenters. The number of hydrogen-bond donors (Lipinski definition) is 2. The predicted octanol–water partition coefficient (Wildman–Crippen LogP) is 0.932. The van der Waals surface area contributed by atoms with Gasteiger partial charge in [0, 0.05) is 5.57 Å².